The number of nitrogens with one attached hydrogen (secondary N) is 1. The second-order valence-electron chi connectivity index (χ2n) is 4.53. The van der Waals surface area contributed by atoms with Crippen molar-refractivity contribution in [2.45, 2.75) is 38.6 Å². The largest absolute Gasteiger partial charge is 0.480 e. The van der Waals surface area contributed by atoms with Crippen molar-refractivity contribution in [2.75, 3.05) is 0 Å². The van der Waals surface area contributed by atoms with Crippen LogP contribution in [0.1, 0.15) is 31.7 Å². The van der Waals surface area contributed by atoms with Crippen LogP contribution in [0.2, 0.25) is 0 Å². The van der Waals surface area contributed by atoms with E-state index < -0.39 is 29.6 Å². The van der Waals surface area contributed by atoms with Crippen LogP contribution < -0.4 is 5.32 Å². The first-order chi connectivity index (χ1) is 9.43. The van der Waals surface area contributed by atoms with Gasteiger partial charge in [-0.25, -0.2) is 13.6 Å². The Morgan fingerprint density at radius 3 is 2.55 bits per heavy atom. The number of hydrogen-bond acceptors (Lipinski definition) is 2. The Labute approximate surface area is 115 Å². The molecule has 1 amide bonds. The highest BCUT2D eigenvalue weighted by atomic mass is 19.2. The molecule has 0 fully saturated rings. The molecule has 1 aromatic carbocycles. The molecule has 0 aliphatic heterocycles. The minimum absolute atomic E-state index is 0.187. The van der Waals surface area contributed by atoms with Gasteiger partial charge in [0.05, 0.1) is 6.42 Å². The lowest BCUT2D eigenvalue weighted by atomic mass is 10.1. The van der Waals surface area contributed by atoms with E-state index in [-0.39, 0.29) is 6.42 Å². The summed E-state index contributed by atoms with van der Waals surface area (Å²) >= 11 is 0. The number of hydrogen-bond donors (Lipinski definition) is 2. The maximum absolute atomic E-state index is 13.0. The number of benzene rings is 1. The molecule has 0 heterocycles. The summed E-state index contributed by atoms with van der Waals surface area (Å²) in [6.45, 7) is 1.92. The van der Waals surface area contributed by atoms with Gasteiger partial charge in [-0.05, 0) is 24.1 Å². The molecule has 1 atom stereocenters. The molecule has 1 rings (SSSR count). The van der Waals surface area contributed by atoms with Crippen molar-refractivity contribution in [2.24, 2.45) is 0 Å². The molecule has 2 N–H and O–H groups in total. The monoisotopic (exact) mass is 285 g/mol. The van der Waals surface area contributed by atoms with Crippen LogP contribution in [-0.2, 0) is 16.0 Å². The Hall–Kier alpha value is -1.98. The molecule has 0 saturated heterocycles. The summed E-state index contributed by atoms with van der Waals surface area (Å²) in [6, 6.07) is 2.20. The van der Waals surface area contributed by atoms with E-state index in [1.165, 1.54) is 6.07 Å². The van der Waals surface area contributed by atoms with E-state index in [1.54, 1.807) is 0 Å². The summed E-state index contributed by atoms with van der Waals surface area (Å²) in [4.78, 5) is 22.7. The average molecular weight is 285 g/mol. The minimum Gasteiger partial charge on any atom is -0.480 e. The van der Waals surface area contributed by atoms with Gasteiger partial charge < -0.3 is 10.4 Å². The van der Waals surface area contributed by atoms with Crippen molar-refractivity contribution in [3.8, 4) is 0 Å². The first kappa shape index (κ1) is 16.1. The van der Waals surface area contributed by atoms with Crippen molar-refractivity contribution in [1.29, 1.82) is 0 Å². The van der Waals surface area contributed by atoms with Gasteiger partial charge in [0.25, 0.3) is 0 Å². The molecular weight excluding hydrogens is 268 g/mol. The molecule has 0 saturated carbocycles. The average Bonchev–Trinajstić information content (AvgIpc) is 2.38. The van der Waals surface area contributed by atoms with Gasteiger partial charge in [0.15, 0.2) is 11.6 Å². The molecule has 4 nitrogen and oxygen atoms in total. The molecule has 0 spiro atoms. The Morgan fingerprint density at radius 2 is 2.00 bits per heavy atom. The normalized spacial score (nSPS) is 11.9. The highest BCUT2D eigenvalue weighted by Crippen LogP contribution is 2.09. The van der Waals surface area contributed by atoms with E-state index in [1.807, 2.05) is 6.92 Å². The molecule has 0 aliphatic carbocycles. The SMILES string of the molecule is CCCC[C@H](NC(=O)Cc1ccc(F)c(F)c1)C(=O)O. The summed E-state index contributed by atoms with van der Waals surface area (Å²) < 4.78 is 25.7. The minimum atomic E-state index is -1.10. The topological polar surface area (TPSA) is 66.4 Å². The molecule has 6 heteroatoms. The van der Waals surface area contributed by atoms with E-state index in [0.29, 0.717) is 18.4 Å². The zero-order valence-electron chi connectivity index (χ0n) is 11.2. The summed E-state index contributed by atoms with van der Waals surface area (Å²) in [5.41, 5.74) is 0.293. The smallest absolute Gasteiger partial charge is 0.326 e. The van der Waals surface area contributed by atoms with E-state index in [9.17, 15) is 18.4 Å². The fraction of sp³-hybridized carbons (Fsp3) is 0.429. The van der Waals surface area contributed by atoms with E-state index in [2.05, 4.69) is 5.32 Å². The van der Waals surface area contributed by atoms with Crippen LogP contribution in [0.3, 0.4) is 0 Å². The number of carbonyl (C=O) groups is 2. The van der Waals surface area contributed by atoms with Gasteiger partial charge >= 0.3 is 5.97 Å². The third-order valence-corrected chi connectivity index (χ3v) is 2.83. The number of halogens is 2. The zero-order chi connectivity index (χ0) is 15.1. The molecule has 20 heavy (non-hydrogen) atoms. The molecule has 0 unspecified atom stereocenters. The van der Waals surface area contributed by atoms with Crippen LogP contribution >= 0.6 is 0 Å². The number of carboxylic acids is 1. The lowest BCUT2D eigenvalue weighted by molar-refractivity contribution is -0.142. The third-order valence-electron chi connectivity index (χ3n) is 2.83. The summed E-state index contributed by atoms with van der Waals surface area (Å²) in [5, 5.41) is 11.4. The Balaban J connectivity index is 2.60. The number of carboxylic acid groups (broad SMARTS) is 1. The van der Waals surface area contributed by atoms with Crippen LogP contribution in [0, 0.1) is 11.6 Å². The number of carbonyl (C=O) groups excluding carboxylic acids is 1. The van der Waals surface area contributed by atoms with Crippen molar-refractivity contribution in [1.82, 2.24) is 5.32 Å². The molecule has 110 valence electrons. The second-order valence-corrected chi connectivity index (χ2v) is 4.53. The summed E-state index contributed by atoms with van der Waals surface area (Å²) in [5.74, 6) is -3.65. The number of unbranched alkanes of at least 4 members (excludes halogenated alkanes) is 1. The van der Waals surface area contributed by atoms with Crippen molar-refractivity contribution in [3.05, 3.63) is 35.4 Å². The van der Waals surface area contributed by atoms with Crippen LogP contribution in [-0.4, -0.2) is 23.0 Å². The van der Waals surface area contributed by atoms with E-state index in [0.717, 1.165) is 18.6 Å². The fourth-order valence-corrected chi connectivity index (χ4v) is 1.75. The number of aliphatic carboxylic acids is 1. The number of amides is 1. The van der Waals surface area contributed by atoms with E-state index in [4.69, 9.17) is 5.11 Å². The fourth-order valence-electron chi connectivity index (χ4n) is 1.75. The maximum Gasteiger partial charge on any atom is 0.326 e. The zero-order valence-corrected chi connectivity index (χ0v) is 11.2. The Morgan fingerprint density at radius 1 is 1.30 bits per heavy atom. The van der Waals surface area contributed by atoms with Crippen LogP contribution in [0.15, 0.2) is 18.2 Å². The lowest BCUT2D eigenvalue weighted by Gasteiger charge is -2.14. The van der Waals surface area contributed by atoms with Crippen molar-refractivity contribution < 1.29 is 23.5 Å². The lowest BCUT2D eigenvalue weighted by Crippen LogP contribution is -2.41. The first-order valence-electron chi connectivity index (χ1n) is 6.40. The molecule has 0 radical (unpaired) electrons. The molecular formula is C14H17F2NO3. The van der Waals surface area contributed by atoms with Gasteiger partial charge in [0.2, 0.25) is 5.91 Å². The van der Waals surface area contributed by atoms with Crippen molar-refractivity contribution >= 4 is 11.9 Å². The summed E-state index contributed by atoms with van der Waals surface area (Å²) in [7, 11) is 0. The predicted octanol–water partition coefficient (Wildman–Crippen LogP) is 2.27. The molecule has 0 aliphatic rings. The van der Waals surface area contributed by atoms with Crippen LogP contribution in [0.5, 0.6) is 0 Å². The highest BCUT2D eigenvalue weighted by molar-refractivity contribution is 5.84. The van der Waals surface area contributed by atoms with Crippen LogP contribution in [0.25, 0.3) is 0 Å². The van der Waals surface area contributed by atoms with Gasteiger partial charge in [0, 0.05) is 0 Å². The summed E-state index contributed by atoms with van der Waals surface area (Å²) in [6.07, 6.45) is 1.66. The molecule has 1 aromatic rings. The van der Waals surface area contributed by atoms with Gasteiger partial charge in [0.1, 0.15) is 6.04 Å². The Kier molecular flexibility index (Phi) is 6.09. The van der Waals surface area contributed by atoms with Gasteiger partial charge in [-0.15, -0.1) is 0 Å². The van der Waals surface area contributed by atoms with Crippen LogP contribution in [0.4, 0.5) is 8.78 Å². The Bertz CT molecular complexity index is 491. The number of rotatable bonds is 7. The predicted molar refractivity (Wildman–Crippen MR) is 69.2 cm³/mol. The second kappa shape index (κ2) is 7.57. The maximum atomic E-state index is 13.0. The van der Waals surface area contributed by atoms with E-state index >= 15 is 0 Å². The standard InChI is InChI=1S/C14H17F2NO3/c1-2-3-4-12(14(19)20)17-13(18)8-9-5-6-10(15)11(16)7-9/h5-7,12H,2-4,8H2,1H3,(H,17,18)(H,19,20)/t12-/m0/s1. The first-order valence-corrected chi connectivity index (χ1v) is 6.40. The van der Waals surface area contributed by atoms with Gasteiger partial charge in [-0.3, -0.25) is 4.79 Å². The highest BCUT2D eigenvalue weighted by Gasteiger charge is 2.19. The molecule has 0 bridgehead atoms. The molecule has 0 aromatic heterocycles. The van der Waals surface area contributed by atoms with Gasteiger partial charge in [-0.2, -0.15) is 0 Å². The third kappa shape index (κ3) is 4.95. The van der Waals surface area contributed by atoms with Gasteiger partial charge in [-0.1, -0.05) is 25.8 Å². The van der Waals surface area contributed by atoms with Crippen molar-refractivity contribution in [3.63, 3.8) is 0 Å². The quantitative estimate of drug-likeness (QED) is 0.807.